The number of aryl methyl sites for hydroxylation is 2. The van der Waals surface area contributed by atoms with E-state index in [0.29, 0.717) is 28.3 Å². The third kappa shape index (κ3) is 4.40. The summed E-state index contributed by atoms with van der Waals surface area (Å²) in [7, 11) is 0. The number of hydroxylamine groups is 2. The number of carbonyl (C=O) groups excluding carboxylic acids is 4. The molecule has 1 aliphatic heterocycles. The van der Waals surface area contributed by atoms with E-state index in [4.69, 9.17) is 9.57 Å². The Balaban J connectivity index is 1.42. The van der Waals surface area contributed by atoms with E-state index in [-0.39, 0.29) is 19.3 Å². The van der Waals surface area contributed by atoms with Gasteiger partial charge in [0.1, 0.15) is 5.75 Å². The molecule has 0 atom stereocenters. The second kappa shape index (κ2) is 9.58. The summed E-state index contributed by atoms with van der Waals surface area (Å²) in [5.41, 5.74) is 2.72. The van der Waals surface area contributed by atoms with Gasteiger partial charge >= 0.3 is 11.9 Å². The molecule has 3 aromatic carbocycles. The zero-order valence-corrected chi connectivity index (χ0v) is 19.5. The molecule has 0 N–H and O–H groups in total. The molecular weight excluding hydrogens is 460 g/mol. The highest BCUT2D eigenvalue weighted by Gasteiger charge is 2.32. The third-order valence-electron chi connectivity index (χ3n) is 6.19. The van der Waals surface area contributed by atoms with Gasteiger partial charge in [0.15, 0.2) is 0 Å². The van der Waals surface area contributed by atoms with Crippen LogP contribution in [0.25, 0.3) is 21.7 Å². The average molecular weight is 482 g/mol. The smallest absolute Gasteiger partial charge is 0.343 e. The standard InChI is InChI=1S/C28H22N2O6/c1-17-21(28(34)35-20-7-3-2-4-8-20)12-10-19-16-29-27-18(6-5-9-22(27)26(17)19)11-15-25(33)36-30-23(31)13-14-24(30)32/h2-10,12,16H,11,13-15H2,1H3. The van der Waals surface area contributed by atoms with Crippen molar-refractivity contribution in [2.75, 3.05) is 0 Å². The van der Waals surface area contributed by atoms with E-state index in [9.17, 15) is 19.2 Å². The fourth-order valence-electron chi connectivity index (χ4n) is 4.39. The quantitative estimate of drug-likeness (QED) is 0.173. The Morgan fingerprint density at radius 3 is 2.44 bits per heavy atom. The summed E-state index contributed by atoms with van der Waals surface area (Å²) >= 11 is 0. The van der Waals surface area contributed by atoms with Gasteiger partial charge in [-0.25, -0.2) is 9.59 Å². The van der Waals surface area contributed by atoms with Gasteiger partial charge < -0.3 is 9.57 Å². The maximum atomic E-state index is 12.9. The summed E-state index contributed by atoms with van der Waals surface area (Å²) in [4.78, 5) is 58.2. The molecule has 0 bridgehead atoms. The van der Waals surface area contributed by atoms with Gasteiger partial charge in [-0.15, -0.1) is 5.06 Å². The topological polar surface area (TPSA) is 103 Å². The van der Waals surface area contributed by atoms with Crippen molar-refractivity contribution in [3.63, 3.8) is 0 Å². The lowest BCUT2D eigenvalue weighted by molar-refractivity contribution is -0.197. The first-order chi connectivity index (χ1) is 17.4. The summed E-state index contributed by atoms with van der Waals surface area (Å²) in [5.74, 6) is -1.67. The van der Waals surface area contributed by atoms with Crippen LogP contribution >= 0.6 is 0 Å². The van der Waals surface area contributed by atoms with Crippen LogP contribution in [0, 0.1) is 6.92 Å². The Labute approximate surface area is 206 Å². The minimum Gasteiger partial charge on any atom is -0.423 e. The van der Waals surface area contributed by atoms with Crippen LogP contribution in [-0.4, -0.2) is 33.8 Å². The first-order valence-electron chi connectivity index (χ1n) is 11.6. The molecule has 36 heavy (non-hydrogen) atoms. The maximum Gasteiger partial charge on any atom is 0.343 e. The van der Waals surface area contributed by atoms with E-state index in [1.165, 1.54) is 0 Å². The fraction of sp³-hybridized carbons (Fsp3) is 0.179. The van der Waals surface area contributed by atoms with Crippen LogP contribution in [0.1, 0.15) is 40.7 Å². The van der Waals surface area contributed by atoms with Crippen molar-refractivity contribution < 1.29 is 28.8 Å². The summed E-state index contributed by atoms with van der Waals surface area (Å²) in [6.07, 6.45) is 2.11. The zero-order chi connectivity index (χ0) is 25.2. The Hall–Kier alpha value is -4.59. The third-order valence-corrected chi connectivity index (χ3v) is 6.19. The van der Waals surface area contributed by atoms with Gasteiger partial charge in [0.05, 0.1) is 17.5 Å². The number of rotatable bonds is 6. The molecule has 1 aromatic heterocycles. The molecule has 8 nitrogen and oxygen atoms in total. The lowest BCUT2D eigenvalue weighted by Crippen LogP contribution is -2.32. The number of nitrogens with zero attached hydrogens (tertiary/aromatic N) is 2. The Morgan fingerprint density at radius 2 is 1.69 bits per heavy atom. The highest BCUT2D eigenvalue weighted by Crippen LogP contribution is 2.31. The summed E-state index contributed by atoms with van der Waals surface area (Å²) < 4.78 is 5.54. The Kier molecular flexibility index (Phi) is 6.16. The molecule has 1 fully saturated rings. The molecule has 180 valence electrons. The number of fused-ring (bicyclic) bond motifs is 3. The van der Waals surface area contributed by atoms with Gasteiger partial charge in [0.25, 0.3) is 11.8 Å². The molecule has 0 saturated carbocycles. The van der Waals surface area contributed by atoms with E-state index >= 15 is 0 Å². The number of pyridine rings is 1. The lowest BCUT2D eigenvalue weighted by atomic mass is 9.95. The van der Waals surface area contributed by atoms with Crippen LogP contribution in [0.15, 0.2) is 66.9 Å². The lowest BCUT2D eigenvalue weighted by Gasteiger charge is -2.14. The maximum absolute atomic E-state index is 12.9. The van der Waals surface area contributed by atoms with E-state index in [1.807, 2.05) is 37.3 Å². The highest BCUT2D eigenvalue weighted by atomic mass is 16.7. The van der Waals surface area contributed by atoms with Crippen molar-refractivity contribution in [3.05, 3.63) is 83.6 Å². The number of benzene rings is 3. The van der Waals surface area contributed by atoms with Gasteiger partial charge in [0.2, 0.25) is 0 Å². The molecule has 0 aliphatic carbocycles. The van der Waals surface area contributed by atoms with Gasteiger partial charge in [0, 0.05) is 29.8 Å². The van der Waals surface area contributed by atoms with Gasteiger partial charge in [-0.05, 0) is 48.1 Å². The number of ether oxygens (including phenoxy) is 1. The van der Waals surface area contributed by atoms with Crippen LogP contribution in [0.3, 0.4) is 0 Å². The minimum atomic E-state index is -0.668. The van der Waals surface area contributed by atoms with Crippen LogP contribution in [-0.2, 0) is 25.6 Å². The van der Waals surface area contributed by atoms with Crippen LogP contribution < -0.4 is 4.74 Å². The van der Waals surface area contributed by atoms with Gasteiger partial charge in [-0.3, -0.25) is 14.6 Å². The molecule has 0 unspecified atom stereocenters. The molecular formula is C28H22N2O6. The van der Waals surface area contributed by atoms with Crippen LogP contribution in [0.2, 0.25) is 0 Å². The second-order valence-corrected chi connectivity index (χ2v) is 8.52. The highest BCUT2D eigenvalue weighted by molar-refractivity contribution is 6.11. The molecule has 1 aliphatic rings. The van der Waals surface area contributed by atoms with Crippen molar-refractivity contribution in [1.29, 1.82) is 0 Å². The van der Waals surface area contributed by atoms with E-state index in [2.05, 4.69) is 4.98 Å². The van der Waals surface area contributed by atoms with E-state index in [1.54, 1.807) is 36.5 Å². The second-order valence-electron chi connectivity index (χ2n) is 8.52. The molecule has 2 amide bonds. The first-order valence-corrected chi connectivity index (χ1v) is 11.6. The van der Waals surface area contributed by atoms with Crippen LogP contribution in [0.4, 0.5) is 0 Å². The summed E-state index contributed by atoms with van der Waals surface area (Å²) in [6, 6.07) is 18.1. The van der Waals surface area contributed by atoms with Crippen LogP contribution in [0.5, 0.6) is 5.75 Å². The molecule has 8 heteroatoms. The van der Waals surface area contributed by atoms with Gasteiger partial charge in [-0.1, -0.05) is 42.5 Å². The number of esters is 1. The normalized spacial score (nSPS) is 13.4. The molecule has 0 spiro atoms. The monoisotopic (exact) mass is 482 g/mol. The van der Waals surface area contributed by atoms with Crippen molar-refractivity contribution in [3.8, 4) is 5.75 Å². The number of para-hydroxylation sites is 2. The first kappa shape index (κ1) is 23.2. The predicted octanol–water partition coefficient (Wildman–Crippen LogP) is 4.46. The van der Waals surface area contributed by atoms with Crippen molar-refractivity contribution >= 4 is 45.4 Å². The van der Waals surface area contributed by atoms with Gasteiger partial charge in [-0.2, -0.15) is 0 Å². The van der Waals surface area contributed by atoms with E-state index < -0.39 is 23.8 Å². The summed E-state index contributed by atoms with van der Waals surface area (Å²) in [6.45, 7) is 1.87. The number of carbonyl (C=O) groups is 4. The molecule has 1 saturated heterocycles. The van der Waals surface area contributed by atoms with Crippen molar-refractivity contribution in [2.24, 2.45) is 0 Å². The minimum absolute atomic E-state index is 0.0295. The van der Waals surface area contributed by atoms with E-state index in [0.717, 1.165) is 27.3 Å². The molecule has 0 radical (unpaired) electrons. The SMILES string of the molecule is Cc1c(C(=O)Oc2ccccc2)ccc2cnc3c(CCC(=O)ON4C(=O)CCC4=O)cccc3c12. The molecule has 2 heterocycles. The molecule has 4 aromatic rings. The Morgan fingerprint density at radius 1 is 0.944 bits per heavy atom. The van der Waals surface area contributed by atoms with Crippen molar-refractivity contribution in [2.45, 2.75) is 32.6 Å². The number of hydrogen-bond donors (Lipinski definition) is 0. The number of amides is 2. The Bertz CT molecular complexity index is 1510. The zero-order valence-electron chi connectivity index (χ0n) is 19.5. The fourth-order valence-corrected chi connectivity index (χ4v) is 4.39. The average Bonchev–Trinajstić information content (AvgIpc) is 3.19. The molecule has 5 rings (SSSR count). The number of imide groups is 1. The number of hydrogen-bond acceptors (Lipinski definition) is 7. The van der Waals surface area contributed by atoms with Crippen molar-refractivity contribution in [1.82, 2.24) is 10.0 Å². The number of aromatic nitrogens is 1. The summed E-state index contributed by atoms with van der Waals surface area (Å²) in [5, 5.41) is 3.14. The largest absolute Gasteiger partial charge is 0.423 e. The predicted molar refractivity (Wildman–Crippen MR) is 131 cm³/mol.